The fourth-order valence-electron chi connectivity index (χ4n) is 2.41. The van der Waals surface area contributed by atoms with Crippen LogP contribution in [0.25, 0.3) is 0 Å². The second kappa shape index (κ2) is 9.20. The third-order valence-corrected chi connectivity index (χ3v) is 4.60. The second-order valence-corrected chi connectivity index (χ2v) is 6.82. The lowest BCUT2D eigenvalue weighted by atomic mass is 9.96. The normalized spacial score (nSPS) is 13.1. The molecule has 2 amide bonds. The number of nitrogens with one attached hydrogen (secondary N) is 2. The summed E-state index contributed by atoms with van der Waals surface area (Å²) in [4.78, 5) is 12.7. The molecular formula is C18H22N2O3S. The van der Waals surface area contributed by atoms with Crippen LogP contribution in [0.5, 0.6) is 0 Å². The minimum Gasteiger partial charge on any atom is -0.396 e. The summed E-state index contributed by atoms with van der Waals surface area (Å²) in [5.74, 6) is 0.0522. The molecule has 6 heteroatoms. The molecule has 2 atom stereocenters. The molecule has 24 heavy (non-hydrogen) atoms. The third-order valence-electron chi connectivity index (χ3n) is 3.68. The number of hydrogen-bond acceptors (Lipinski definition) is 3. The van der Waals surface area contributed by atoms with Gasteiger partial charge in [-0.25, -0.2) is 4.79 Å². The van der Waals surface area contributed by atoms with E-state index in [0.29, 0.717) is 23.5 Å². The van der Waals surface area contributed by atoms with Crippen LogP contribution in [0.4, 0.5) is 10.5 Å². The minimum absolute atomic E-state index is 0.0522. The number of amides is 2. The van der Waals surface area contributed by atoms with E-state index in [4.69, 9.17) is 0 Å². The maximum Gasteiger partial charge on any atom is 0.319 e. The number of rotatable bonds is 7. The van der Waals surface area contributed by atoms with E-state index in [1.54, 1.807) is 30.5 Å². The Bertz CT molecular complexity index is 692. The van der Waals surface area contributed by atoms with Gasteiger partial charge in [0, 0.05) is 46.7 Å². The molecule has 5 nitrogen and oxygen atoms in total. The van der Waals surface area contributed by atoms with Gasteiger partial charge in [0.25, 0.3) is 0 Å². The lowest BCUT2D eigenvalue weighted by Gasteiger charge is -2.17. The minimum atomic E-state index is -1.09. The molecule has 0 aliphatic heterocycles. The zero-order chi connectivity index (χ0) is 17.4. The van der Waals surface area contributed by atoms with Crippen LogP contribution in [0.3, 0.4) is 0 Å². The Balaban J connectivity index is 1.94. The van der Waals surface area contributed by atoms with E-state index in [-0.39, 0.29) is 18.6 Å². The van der Waals surface area contributed by atoms with Gasteiger partial charge in [-0.1, -0.05) is 36.4 Å². The van der Waals surface area contributed by atoms with Gasteiger partial charge in [0.2, 0.25) is 0 Å². The highest BCUT2D eigenvalue weighted by Crippen LogP contribution is 2.18. The monoisotopic (exact) mass is 346 g/mol. The van der Waals surface area contributed by atoms with E-state index < -0.39 is 10.8 Å². The van der Waals surface area contributed by atoms with Crippen molar-refractivity contribution in [2.24, 2.45) is 0 Å². The number of hydrogen-bond donors (Lipinski definition) is 3. The maximum atomic E-state index is 12.1. The van der Waals surface area contributed by atoms with Crippen LogP contribution in [-0.2, 0) is 10.8 Å². The predicted molar refractivity (Wildman–Crippen MR) is 96.7 cm³/mol. The van der Waals surface area contributed by atoms with Gasteiger partial charge < -0.3 is 15.7 Å². The molecule has 0 saturated carbocycles. The molecule has 0 heterocycles. The Labute approximate surface area is 144 Å². The van der Waals surface area contributed by atoms with E-state index in [2.05, 4.69) is 10.6 Å². The molecule has 0 saturated heterocycles. The molecule has 2 aromatic rings. The van der Waals surface area contributed by atoms with Crippen molar-refractivity contribution in [3.05, 3.63) is 60.2 Å². The van der Waals surface area contributed by atoms with Crippen LogP contribution in [0.15, 0.2) is 59.5 Å². The summed E-state index contributed by atoms with van der Waals surface area (Å²) in [6.07, 6.45) is 2.17. The molecule has 2 unspecified atom stereocenters. The topological polar surface area (TPSA) is 78.4 Å². The van der Waals surface area contributed by atoms with Crippen LogP contribution < -0.4 is 10.6 Å². The molecule has 0 spiro atoms. The highest BCUT2D eigenvalue weighted by Gasteiger charge is 2.12. The van der Waals surface area contributed by atoms with Crippen molar-refractivity contribution >= 4 is 22.5 Å². The van der Waals surface area contributed by atoms with Gasteiger partial charge in [-0.05, 0) is 30.2 Å². The number of urea groups is 1. The standard InChI is InChI=1S/C18H22N2O3S/c1-24(23)17-9-5-8-16(12-17)20-18(22)19-13-15(10-11-21)14-6-3-2-4-7-14/h2-9,12,15,21H,10-11,13H2,1H3,(H2,19,20,22). The summed E-state index contributed by atoms with van der Waals surface area (Å²) >= 11 is 0. The van der Waals surface area contributed by atoms with Gasteiger partial charge in [0.1, 0.15) is 0 Å². The summed E-state index contributed by atoms with van der Waals surface area (Å²) in [6, 6.07) is 16.4. The molecule has 2 rings (SSSR count). The first kappa shape index (κ1) is 18.2. The number of carbonyl (C=O) groups is 1. The van der Waals surface area contributed by atoms with Crippen LogP contribution in [0.1, 0.15) is 17.9 Å². The van der Waals surface area contributed by atoms with E-state index in [1.165, 1.54) is 0 Å². The van der Waals surface area contributed by atoms with E-state index in [1.807, 2.05) is 30.3 Å². The van der Waals surface area contributed by atoms with Crippen molar-refractivity contribution < 1.29 is 14.1 Å². The summed E-state index contributed by atoms with van der Waals surface area (Å²) in [5, 5.41) is 14.8. The summed E-state index contributed by atoms with van der Waals surface area (Å²) in [5.41, 5.74) is 1.67. The maximum absolute atomic E-state index is 12.1. The van der Waals surface area contributed by atoms with Gasteiger partial charge in [-0.2, -0.15) is 0 Å². The lowest BCUT2D eigenvalue weighted by molar-refractivity contribution is 0.248. The van der Waals surface area contributed by atoms with Crippen molar-refractivity contribution in [2.45, 2.75) is 17.2 Å². The molecular weight excluding hydrogens is 324 g/mol. The first-order chi connectivity index (χ1) is 11.6. The highest BCUT2D eigenvalue weighted by atomic mass is 32.2. The Kier molecular flexibility index (Phi) is 6.96. The van der Waals surface area contributed by atoms with Crippen LogP contribution >= 0.6 is 0 Å². The molecule has 0 radical (unpaired) electrons. The zero-order valence-electron chi connectivity index (χ0n) is 13.6. The summed E-state index contributed by atoms with van der Waals surface area (Å²) in [7, 11) is -1.09. The first-order valence-corrected chi connectivity index (χ1v) is 9.30. The van der Waals surface area contributed by atoms with Gasteiger partial charge in [0.05, 0.1) is 0 Å². The average molecular weight is 346 g/mol. The van der Waals surface area contributed by atoms with Crippen molar-refractivity contribution in [2.75, 3.05) is 24.7 Å². The Hall–Kier alpha value is -2.18. The molecule has 0 aliphatic carbocycles. The largest absolute Gasteiger partial charge is 0.396 e. The predicted octanol–water partition coefficient (Wildman–Crippen LogP) is 2.71. The Morgan fingerprint density at radius 2 is 1.92 bits per heavy atom. The molecule has 128 valence electrons. The molecule has 3 N–H and O–H groups in total. The number of aliphatic hydroxyl groups is 1. The molecule has 0 bridgehead atoms. The molecule has 0 fully saturated rings. The van der Waals surface area contributed by atoms with Crippen LogP contribution in [-0.4, -0.2) is 34.8 Å². The fraction of sp³-hybridized carbons (Fsp3) is 0.278. The van der Waals surface area contributed by atoms with Gasteiger partial charge in [0.15, 0.2) is 0 Å². The van der Waals surface area contributed by atoms with Crippen LogP contribution in [0, 0.1) is 0 Å². The first-order valence-electron chi connectivity index (χ1n) is 7.74. The smallest absolute Gasteiger partial charge is 0.319 e. The van der Waals surface area contributed by atoms with Crippen molar-refractivity contribution in [1.82, 2.24) is 5.32 Å². The van der Waals surface area contributed by atoms with Crippen molar-refractivity contribution in [1.29, 1.82) is 0 Å². The molecule has 2 aromatic carbocycles. The number of aliphatic hydroxyl groups excluding tert-OH is 1. The van der Waals surface area contributed by atoms with E-state index in [0.717, 1.165) is 5.56 Å². The number of anilines is 1. The second-order valence-electron chi connectivity index (χ2n) is 5.44. The zero-order valence-corrected chi connectivity index (χ0v) is 14.4. The number of carbonyl (C=O) groups excluding carboxylic acids is 1. The van der Waals surface area contributed by atoms with Crippen molar-refractivity contribution in [3.8, 4) is 0 Å². The third kappa shape index (κ3) is 5.47. The average Bonchev–Trinajstić information content (AvgIpc) is 2.59. The van der Waals surface area contributed by atoms with Crippen LogP contribution in [0.2, 0.25) is 0 Å². The quantitative estimate of drug-likeness (QED) is 0.721. The fourth-order valence-corrected chi connectivity index (χ4v) is 2.97. The van der Waals surface area contributed by atoms with E-state index >= 15 is 0 Å². The van der Waals surface area contributed by atoms with Gasteiger partial charge in [-0.3, -0.25) is 4.21 Å². The Morgan fingerprint density at radius 3 is 2.58 bits per heavy atom. The van der Waals surface area contributed by atoms with Crippen molar-refractivity contribution in [3.63, 3.8) is 0 Å². The SMILES string of the molecule is CS(=O)c1cccc(NC(=O)NCC(CCO)c2ccccc2)c1. The van der Waals surface area contributed by atoms with Gasteiger partial charge >= 0.3 is 6.03 Å². The van der Waals surface area contributed by atoms with E-state index in [9.17, 15) is 14.1 Å². The highest BCUT2D eigenvalue weighted by molar-refractivity contribution is 7.84. The summed E-state index contributed by atoms with van der Waals surface area (Å²) < 4.78 is 11.5. The summed E-state index contributed by atoms with van der Waals surface area (Å²) in [6.45, 7) is 0.489. The lowest BCUT2D eigenvalue weighted by Crippen LogP contribution is -2.32. The Morgan fingerprint density at radius 1 is 1.17 bits per heavy atom. The molecule has 0 aromatic heterocycles. The number of benzene rings is 2. The van der Waals surface area contributed by atoms with Gasteiger partial charge in [-0.15, -0.1) is 0 Å². The molecule has 0 aliphatic rings.